The van der Waals surface area contributed by atoms with Gasteiger partial charge in [-0.2, -0.15) is 5.10 Å². The zero-order valence-electron chi connectivity index (χ0n) is 19.4. The Morgan fingerprint density at radius 3 is 2.50 bits per heavy atom. The molecule has 0 spiro atoms. The average molecular weight is 559 g/mol. The van der Waals surface area contributed by atoms with Crippen molar-refractivity contribution in [3.63, 3.8) is 0 Å². The molecule has 2 heterocycles. The smallest absolute Gasteiger partial charge is 0.406 e. The van der Waals surface area contributed by atoms with Gasteiger partial charge in [-0.1, -0.05) is 59.8 Å². The number of hydrazone groups is 1. The number of nitrogens with zero attached hydrogens (tertiary/aromatic N) is 5. The number of benzene rings is 3. The molecule has 0 bridgehead atoms. The number of alkyl halides is 3. The van der Waals surface area contributed by atoms with E-state index in [2.05, 4.69) is 25.3 Å². The first-order chi connectivity index (χ1) is 18.3. The summed E-state index contributed by atoms with van der Waals surface area (Å²) in [6.07, 6.45) is -3.27. The van der Waals surface area contributed by atoms with Gasteiger partial charge in [0.2, 0.25) is 5.91 Å². The van der Waals surface area contributed by atoms with E-state index in [4.69, 9.17) is 11.6 Å². The lowest BCUT2D eigenvalue weighted by molar-refractivity contribution is -0.274. The number of nitrogens with one attached hydrogen (secondary N) is 1. The largest absolute Gasteiger partial charge is 0.573 e. The molecule has 5 rings (SSSR count). The number of halogens is 4. The van der Waals surface area contributed by atoms with Crippen LogP contribution in [-0.4, -0.2) is 38.0 Å². The molecular weight excluding hydrogens is 541 g/mol. The van der Waals surface area contributed by atoms with Gasteiger partial charge in [0, 0.05) is 5.56 Å². The number of carbonyl (C=O) groups excluding carboxylic acids is 1. The van der Waals surface area contributed by atoms with E-state index in [1.54, 1.807) is 18.2 Å². The number of hydrogen-bond donors (Lipinski definition) is 1. The fourth-order valence-electron chi connectivity index (χ4n) is 3.61. The van der Waals surface area contributed by atoms with Crippen molar-refractivity contribution in [1.82, 2.24) is 20.2 Å². The second-order valence-corrected chi connectivity index (χ2v) is 9.30. The number of ether oxygens (including phenoxy) is 1. The van der Waals surface area contributed by atoms with Crippen LogP contribution in [0.5, 0.6) is 5.75 Å². The van der Waals surface area contributed by atoms with Crippen molar-refractivity contribution in [2.45, 2.75) is 12.9 Å². The number of thioether (sulfide) groups is 1. The van der Waals surface area contributed by atoms with E-state index >= 15 is 0 Å². The molecule has 3 aromatic carbocycles. The lowest BCUT2D eigenvalue weighted by Crippen LogP contribution is -2.30. The van der Waals surface area contributed by atoms with Crippen LogP contribution in [0.15, 0.2) is 84.2 Å². The third kappa shape index (κ3) is 5.92. The van der Waals surface area contributed by atoms with Crippen LogP contribution in [0.1, 0.15) is 5.56 Å². The topological polar surface area (TPSA) is 84.6 Å². The number of amides is 1. The molecule has 8 nitrogen and oxygen atoms in total. The Balaban J connectivity index is 1.22. The summed E-state index contributed by atoms with van der Waals surface area (Å²) in [5, 5.41) is 9.78. The summed E-state index contributed by atoms with van der Waals surface area (Å²) in [6.45, 7) is 0.420. The summed E-state index contributed by atoms with van der Waals surface area (Å²) in [6, 6.07) is 19.9. The van der Waals surface area contributed by atoms with E-state index in [9.17, 15) is 18.0 Å². The maximum absolute atomic E-state index is 12.4. The lowest BCUT2D eigenvalue weighted by Gasteiger charge is -2.17. The number of carbonyl (C=O) groups is 1. The molecule has 1 amide bonds. The number of anilines is 1. The van der Waals surface area contributed by atoms with Gasteiger partial charge in [0.25, 0.3) is 0 Å². The molecule has 0 saturated carbocycles. The molecule has 1 aliphatic rings. The van der Waals surface area contributed by atoms with Crippen molar-refractivity contribution >= 4 is 40.1 Å². The van der Waals surface area contributed by atoms with Gasteiger partial charge < -0.3 is 10.2 Å². The molecule has 0 aliphatic carbocycles. The van der Waals surface area contributed by atoms with E-state index < -0.39 is 6.36 Å². The summed E-state index contributed by atoms with van der Waals surface area (Å²) in [7, 11) is 0. The Morgan fingerprint density at radius 2 is 1.79 bits per heavy atom. The highest BCUT2D eigenvalue weighted by molar-refractivity contribution is 8.15. The van der Waals surface area contributed by atoms with Crippen LogP contribution in [0.4, 0.5) is 18.9 Å². The summed E-state index contributed by atoms with van der Waals surface area (Å²) in [5.41, 5.74) is 5.83. The number of para-hydroxylation sites is 1. The maximum atomic E-state index is 12.4. The van der Waals surface area contributed by atoms with E-state index in [-0.39, 0.29) is 17.4 Å². The summed E-state index contributed by atoms with van der Waals surface area (Å²) >= 11 is 7.59. The van der Waals surface area contributed by atoms with Crippen molar-refractivity contribution in [3.05, 3.63) is 89.7 Å². The second-order valence-electron chi connectivity index (χ2n) is 7.95. The fourth-order valence-corrected chi connectivity index (χ4v) is 4.67. The molecule has 0 unspecified atom stereocenters. The predicted molar refractivity (Wildman–Crippen MR) is 139 cm³/mol. The Labute approximate surface area is 224 Å². The fraction of sp³-hybridized carbons (Fsp3) is 0.120. The molecule has 1 aliphatic heterocycles. The van der Waals surface area contributed by atoms with Crippen LogP contribution in [0.25, 0.3) is 17.1 Å². The van der Waals surface area contributed by atoms with Crippen LogP contribution in [0.2, 0.25) is 5.02 Å². The van der Waals surface area contributed by atoms with Crippen LogP contribution >= 0.6 is 23.4 Å². The molecule has 1 fully saturated rings. The van der Waals surface area contributed by atoms with Crippen LogP contribution in [-0.2, 0) is 11.3 Å². The maximum Gasteiger partial charge on any atom is 0.573 e. The number of aromatic nitrogens is 3. The van der Waals surface area contributed by atoms with E-state index in [1.165, 1.54) is 51.9 Å². The highest BCUT2D eigenvalue weighted by atomic mass is 35.5. The minimum absolute atomic E-state index is 0.0921. The summed E-state index contributed by atoms with van der Waals surface area (Å²) in [5.74, 6) is 0.332. The third-order valence-corrected chi connectivity index (χ3v) is 6.60. The molecule has 4 aromatic rings. The quantitative estimate of drug-likeness (QED) is 0.296. The normalized spacial score (nSPS) is 14.8. The summed E-state index contributed by atoms with van der Waals surface area (Å²) in [4.78, 5) is 18.2. The Morgan fingerprint density at radius 1 is 1.05 bits per heavy atom. The van der Waals surface area contributed by atoms with Crippen LogP contribution in [0, 0.1) is 0 Å². The van der Waals surface area contributed by atoms with Crippen LogP contribution in [0.3, 0.4) is 0 Å². The molecule has 38 heavy (non-hydrogen) atoms. The van der Waals surface area contributed by atoms with Crippen molar-refractivity contribution < 1.29 is 22.7 Å². The van der Waals surface area contributed by atoms with Gasteiger partial charge in [0.05, 0.1) is 28.7 Å². The first-order valence-corrected chi connectivity index (χ1v) is 12.5. The standard InChI is InChI=1S/C25H18ClF3N6O2S/c26-20-3-1-2-4-21(20)35-22(36)14-38-24(35)32-31-13-16-5-7-17(8-6-16)23-30-15-34(33-23)18-9-11-19(12-10-18)37-25(27,28)29/h1-12,15,31H,13-14H2/b32-24+. The average Bonchev–Trinajstić information content (AvgIpc) is 3.52. The van der Waals surface area contributed by atoms with Gasteiger partial charge in [0.15, 0.2) is 11.0 Å². The van der Waals surface area contributed by atoms with Crippen molar-refractivity contribution in [1.29, 1.82) is 0 Å². The summed E-state index contributed by atoms with van der Waals surface area (Å²) < 4.78 is 42.4. The molecule has 13 heteroatoms. The minimum Gasteiger partial charge on any atom is -0.406 e. The Bertz CT molecular complexity index is 1480. The highest BCUT2D eigenvalue weighted by Gasteiger charge is 2.32. The second kappa shape index (κ2) is 10.8. The van der Waals surface area contributed by atoms with E-state index in [1.807, 2.05) is 30.3 Å². The lowest BCUT2D eigenvalue weighted by atomic mass is 10.1. The molecule has 1 aromatic heterocycles. The van der Waals surface area contributed by atoms with Gasteiger partial charge in [-0.3, -0.25) is 9.69 Å². The van der Waals surface area contributed by atoms with Crippen molar-refractivity contribution in [3.8, 4) is 22.8 Å². The molecule has 1 saturated heterocycles. The van der Waals surface area contributed by atoms with Gasteiger partial charge in [0.1, 0.15) is 12.1 Å². The molecule has 194 valence electrons. The molecule has 0 atom stereocenters. The first-order valence-electron chi connectivity index (χ1n) is 11.1. The van der Waals surface area contributed by atoms with Crippen molar-refractivity contribution in [2.24, 2.45) is 5.10 Å². The van der Waals surface area contributed by atoms with Crippen molar-refractivity contribution in [2.75, 3.05) is 10.7 Å². The van der Waals surface area contributed by atoms with Crippen LogP contribution < -0.4 is 15.1 Å². The van der Waals surface area contributed by atoms with E-state index in [0.29, 0.717) is 33.9 Å². The first kappa shape index (κ1) is 25.6. The predicted octanol–water partition coefficient (Wildman–Crippen LogP) is 5.63. The Hall–Kier alpha value is -4.03. The number of hydrogen-bond acceptors (Lipinski definition) is 7. The zero-order chi connectivity index (χ0) is 26.7. The van der Waals surface area contributed by atoms with Gasteiger partial charge in [-0.05, 0) is 42.0 Å². The number of rotatable bonds is 7. The van der Waals surface area contributed by atoms with Gasteiger partial charge >= 0.3 is 6.36 Å². The third-order valence-electron chi connectivity index (χ3n) is 5.36. The zero-order valence-corrected chi connectivity index (χ0v) is 21.0. The molecule has 0 radical (unpaired) electrons. The molecule has 1 N–H and O–H groups in total. The molecular formula is C25H18ClF3N6O2S. The minimum atomic E-state index is -4.75. The van der Waals surface area contributed by atoms with E-state index in [0.717, 1.165) is 11.1 Å². The highest BCUT2D eigenvalue weighted by Crippen LogP contribution is 2.32. The Kier molecular flexibility index (Phi) is 7.25. The number of amidine groups is 1. The SMILES string of the molecule is O=C1CS/C(=N/NCc2ccc(-c3ncn(-c4ccc(OC(F)(F)F)cc4)n3)cc2)N1c1ccccc1Cl. The monoisotopic (exact) mass is 558 g/mol. The van der Waals surface area contributed by atoms with Gasteiger partial charge in [-0.25, -0.2) is 9.67 Å². The van der Waals surface area contributed by atoms with Gasteiger partial charge in [-0.15, -0.1) is 18.3 Å².